The van der Waals surface area contributed by atoms with E-state index in [0.717, 1.165) is 76.3 Å². The molecule has 3 saturated heterocycles. The Morgan fingerprint density at radius 3 is 2.48 bits per heavy atom. The number of carbonyl (C=O) groups excluding carboxylic acids is 1. The number of aliphatic hydroxyl groups is 2. The first-order valence-electron chi connectivity index (χ1n) is 19.7. The second-order valence-corrected chi connectivity index (χ2v) is 17.3. The zero-order chi connectivity index (χ0) is 35.4. The summed E-state index contributed by atoms with van der Waals surface area (Å²) in [6, 6.07) is 0. The fourth-order valence-electron chi connectivity index (χ4n) is 10.5. The molecule has 2 N–H and O–H groups in total. The van der Waals surface area contributed by atoms with Gasteiger partial charge in [0.15, 0.2) is 11.6 Å². The van der Waals surface area contributed by atoms with Crippen LogP contribution in [0.5, 0.6) is 0 Å². The molecular weight excluding hydrogens is 630 g/mol. The van der Waals surface area contributed by atoms with Crippen molar-refractivity contribution in [1.29, 1.82) is 0 Å². The van der Waals surface area contributed by atoms with Gasteiger partial charge in [0.2, 0.25) is 0 Å². The standard InChI is InChI=1S/C42H61NO7/c1-25-8-7-9-37-40(21-28(4)29(5)24-43-37)16-15-34(36-20-27(3)39(46)47-36)30(6)35(40)19-26(2)10-11-32-14-17-41(48-32)22-31(44)23-42(50-41)38(45)13-12-33(18-25)49-42/h19-20,28-29,31-33,35-36,38,44-45H,1,7-18,21-24H2,2-6H3/b26-19-/t28-,29-,31+,32-,33+,35+,36-,38+,40-,41+,42-/m0/s1. The Balaban J connectivity index is 1.25. The summed E-state index contributed by atoms with van der Waals surface area (Å²) in [7, 11) is 0. The third-order valence-corrected chi connectivity index (χ3v) is 13.6. The maximum Gasteiger partial charge on any atom is 0.334 e. The molecule has 8 heteroatoms. The smallest absolute Gasteiger partial charge is 0.334 e. The number of cyclic esters (lactones) is 1. The monoisotopic (exact) mass is 691 g/mol. The third kappa shape index (κ3) is 6.89. The minimum absolute atomic E-state index is 0.00602. The van der Waals surface area contributed by atoms with Gasteiger partial charge in [-0.2, -0.15) is 0 Å². The van der Waals surface area contributed by atoms with Gasteiger partial charge in [-0.15, -0.1) is 0 Å². The molecule has 3 fully saturated rings. The SMILES string of the molecule is C=C1CCCC2=NC[C@H](C)[C@@H](C)C[C@]23CCC([C@@H]2C=C(C)C(=O)O2)=C(C)[C@H]3/C=C(/C)CC[C@H]2CC[C@@]3(C[C@@H](O)C[C@]4(O[C@H](CC[C@H]4O)C1)O3)O2. The predicted molar refractivity (Wildman–Crippen MR) is 193 cm³/mol. The van der Waals surface area contributed by atoms with Crippen molar-refractivity contribution in [2.75, 3.05) is 6.54 Å². The molecule has 1 aliphatic carbocycles. The summed E-state index contributed by atoms with van der Waals surface area (Å²) in [5.41, 5.74) is 7.03. The average Bonchev–Trinajstić information content (AvgIpc) is 3.57. The molecule has 7 aliphatic rings. The number of ether oxygens (including phenoxy) is 4. The molecular formula is C42H61NO7. The lowest BCUT2D eigenvalue weighted by atomic mass is 9.56. The largest absolute Gasteiger partial charge is 0.450 e. The molecule has 0 unspecified atom stereocenters. The fourth-order valence-corrected chi connectivity index (χ4v) is 10.5. The van der Waals surface area contributed by atoms with Crippen LogP contribution < -0.4 is 0 Å². The minimum Gasteiger partial charge on any atom is -0.450 e. The number of hydrogen-bond acceptors (Lipinski definition) is 8. The lowest BCUT2D eigenvalue weighted by molar-refractivity contribution is -0.425. The molecule has 0 saturated carbocycles. The van der Waals surface area contributed by atoms with Crippen molar-refractivity contribution in [2.24, 2.45) is 28.2 Å². The second-order valence-electron chi connectivity index (χ2n) is 17.3. The lowest BCUT2D eigenvalue weighted by Crippen LogP contribution is -2.63. The summed E-state index contributed by atoms with van der Waals surface area (Å²) >= 11 is 0. The Hall–Kier alpha value is -2.10. The molecule has 8 nitrogen and oxygen atoms in total. The lowest BCUT2D eigenvalue weighted by Gasteiger charge is -2.52. The van der Waals surface area contributed by atoms with Crippen LogP contribution in [-0.2, 0) is 23.7 Å². The van der Waals surface area contributed by atoms with Crippen LogP contribution in [0.3, 0.4) is 0 Å². The van der Waals surface area contributed by atoms with Crippen molar-refractivity contribution in [3.05, 3.63) is 46.6 Å². The Kier molecular flexibility index (Phi) is 10.2. The van der Waals surface area contributed by atoms with Gasteiger partial charge < -0.3 is 29.2 Å². The number of fused-ring (bicyclic) bond motifs is 2. The first kappa shape index (κ1) is 36.3. The van der Waals surface area contributed by atoms with E-state index in [9.17, 15) is 15.0 Å². The molecule has 3 spiro atoms. The summed E-state index contributed by atoms with van der Waals surface area (Å²) in [6.07, 6.45) is 14.3. The van der Waals surface area contributed by atoms with Gasteiger partial charge in [-0.05, 0) is 121 Å². The van der Waals surface area contributed by atoms with Gasteiger partial charge in [0.05, 0.1) is 18.3 Å². The Labute approximate surface area is 299 Å². The van der Waals surface area contributed by atoms with Gasteiger partial charge in [0.25, 0.3) is 0 Å². The van der Waals surface area contributed by atoms with E-state index in [1.807, 2.05) is 13.0 Å². The maximum absolute atomic E-state index is 12.5. The van der Waals surface area contributed by atoms with Crippen LogP contribution >= 0.6 is 0 Å². The number of aliphatic hydroxyl groups excluding tert-OH is 2. The number of aliphatic imine (C=N–C) groups is 1. The van der Waals surface area contributed by atoms with Crippen LogP contribution in [-0.4, -0.2) is 70.5 Å². The van der Waals surface area contributed by atoms with Crippen LogP contribution in [0, 0.1) is 23.2 Å². The fraction of sp³-hybridized carbons (Fsp3) is 0.762. The summed E-state index contributed by atoms with van der Waals surface area (Å²) in [5.74, 6) is -1.21. The Bertz CT molecular complexity index is 1480. The zero-order valence-corrected chi connectivity index (χ0v) is 31.2. The van der Waals surface area contributed by atoms with E-state index in [2.05, 4.69) is 40.3 Å². The van der Waals surface area contributed by atoms with Crippen molar-refractivity contribution < 1.29 is 34.0 Å². The van der Waals surface area contributed by atoms with E-state index >= 15 is 0 Å². The highest BCUT2D eigenvalue weighted by atomic mass is 16.8. The molecule has 276 valence electrons. The van der Waals surface area contributed by atoms with Gasteiger partial charge in [-0.1, -0.05) is 43.2 Å². The van der Waals surface area contributed by atoms with E-state index in [-0.39, 0.29) is 42.0 Å². The molecule has 11 atom stereocenters. The van der Waals surface area contributed by atoms with Crippen molar-refractivity contribution in [3.8, 4) is 0 Å². The highest BCUT2D eigenvalue weighted by Gasteiger charge is 2.59. The van der Waals surface area contributed by atoms with Gasteiger partial charge >= 0.3 is 5.97 Å². The van der Waals surface area contributed by atoms with Gasteiger partial charge in [-0.25, -0.2) is 4.79 Å². The molecule has 0 amide bonds. The molecule has 50 heavy (non-hydrogen) atoms. The summed E-state index contributed by atoms with van der Waals surface area (Å²) in [6.45, 7) is 16.5. The van der Waals surface area contributed by atoms with Gasteiger partial charge in [0, 0.05) is 48.4 Å². The second kappa shape index (κ2) is 14.0. The topological polar surface area (TPSA) is 107 Å². The molecule has 0 aromatic heterocycles. The predicted octanol–water partition coefficient (Wildman–Crippen LogP) is 7.83. The number of carbonyl (C=O) groups is 1. The quantitative estimate of drug-likeness (QED) is 0.213. The van der Waals surface area contributed by atoms with E-state index in [0.29, 0.717) is 43.1 Å². The summed E-state index contributed by atoms with van der Waals surface area (Å²) < 4.78 is 26.0. The summed E-state index contributed by atoms with van der Waals surface area (Å²) in [5, 5.41) is 22.4. The number of rotatable bonds is 1. The van der Waals surface area contributed by atoms with Crippen molar-refractivity contribution in [3.63, 3.8) is 0 Å². The highest BCUT2D eigenvalue weighted by molar-refractivity contribution is 5.92. The van der Waals surface area contributed by atoms with E-state index in [4.69, 9.17) is 23.9 Å². The molecule has 7 rings (SSSR count). The number of esters is 1. The molecule has 0 radical (unpaired) electrons. The van der Waals surface area contributed by atoms with Crippen LogP contribution in [0.1, 0.15) is 131 Å². The molecule has 6 aliphatic heterocycles. The van der Waals surface area contributed by atoms with E-state index in [1.165, 1.54) is 22.4 Å². The van der Waals surface area contributed by atoms with E-state index in [1.54, 1.807) is 0 Å². The minimum atomic E-state index is -1.26. The number of nitrogens with zero attached hydrogens (tertiary/aromatic N) is 1. The molecule has 0 aromatic carbocycles. The molecule has 6 heterocycles. The normalized spacial score (nSPS) is 45.8. The van der Waals surface area contributed by atoms with Crippen molar-refractivity contribution >= 4 is 11.7 Å². The van der Waals surface area contributed by atoms with Crippen LogP contribution in [0.15, 0.2) is 51.6 Å². The van der Waals surface area contributed by atoms with Crippen LogP contribution in [0.4, 0.5) is 0 Å². The first-order chi connectivity index (χ1) is 23.8. The number of hydrogen-bond donors (Lipinski definition) is 2. The average molecular weight is 692 g/mol. The Morgan fingerprint density at radius 1 is 0.880 bits per heavy atom. The first-order valence-corrected chi connectivity index (χ1v) is 19.7. The van der Waals surface area contributed by atoms with Gasteiger partial charge in [0.1, 0.15) is 12.2 Å². The number of allylic oxidation sites excluding steroid dienone is 3. The van der Waals surface area contributed by atoms with Crippen LogP contribution in [0.2, 0.25) is 0 Å². The molecule has 0 aromatic rings. The van der Waals surface area contributed by atoms with Crippen molar-refractivity contribution in [2.45, 2.75) is 173 Å². The summed E-state index contributed by atoms with van der Waals surface area (Å²) in [4.78, 5) is 18.0. The highest BCUT2D eigenvalue weighted by Crippen LogP contribution is 2.55. The third-order valence-electron chi connectivity index (χ3n) is 13.6. The van der Waals surface area contributed by atoms with Crippen LogP contribution in [0.25, 0.3) is 0 Å². The van der Waals surface area contributed by atoms with Gasteiger partial charge in [-0.3, -0.25) is 4.99 Å². The maximum atomic E-state index is 12.5. The Morgan fingerprint density at radius 2 is 1.70 bits per heavy atom. The molecule has 4 bridgehead atoms. The zero-order valence-electron chi connectivity index (χ0n) is 31.2. The van der Waals surface area contributed by atoms with E-state index < -0.39 is 23.8 Å². The van der Waals surface area contributed by atoms with Crippen molar-refractivity contribution in [1.82, 2.24) is 0 Å².